The number of unbranched alkanes of at least 4 members (excludes halogenated alkanes) is 2. The van der Waals surface area contributed by atoms with Gasteiger partial charge in [0.05, 0.1) is 0 Å². The van der Waals surface area contributed by atoms with Gasteiger partial charge >= 0.3 is 9.28 Å². The molecule has 0 saturated heterocycles. The number of rotatable bonds is 7. The predicted octanol–water partition coefficient (Wildman–Crippen LogP) is 3.12. The van der Waals surface area contributed by atoms with E-state index >= 15 is 0 Å². The Morgan fingerprint density at radius 3 is 2.58 bits per heavy atom. The summed E-state index contributed by atoms with van der Waals surface area (Å²) in [7, 11) is -0.00177. The molecule has 1 unspecified atom stereocenters. The molecule has 0 aliphatic carbocycles. The van der Waals surface area contributed by atoms with Crippen molar-refractivity contribution < 1.29 is 8.85 Å². The van der Waals surface area contributed by atoms with Crippen LogP contribution >= 0.6 is 0 Å². The molecule has 3 heteroatoms. The van der Waals surface area contributed by atoms with E-state index in [4.69, 9.17) is 8.85 Å². The van der Waals surface area contributed by atoms with Crippen LogP contribution in [0.25, 0.3) is 10.8 Å². The van der Waals surface area contributed by atoms with Gasteiger partial charge in [0, 0.05) is 13.7 Å². The SMILES string of the molecule is CCCCCO[SiH](OC)c1cccc2ccccc12. The van der Waals surface area contributed by atoms with E-state index in [-0.39, 0.29) is 0 Å². The molecular formula is C16H22O2Si. The molecule has 0 aliphatic rings. The van der Waals surface area contributed by atoms with Crippen molar-refractivity contribution in [3.05, 3.63) is 42.5 Å². The lowest BCUT2D eigenvalue weighted by atomic mass is 10.1. The van der Waals surface area contributed by atoms with Crippen molar-refractivity contribution in [1.29, 1.82) is 0 Å². The molecule has 0 amide bonds. The maximum absolute atomic E-state index is 6.00. The van der Waals surface area contributed by atoms with E-state index in [1.54, 1.807) is 7.11 Å². The van der Waals surface area contributed by atoms with Gasteiger partial charge in [-0.25, -0.2) is 0 Å². The first-order chi connectivity index (χ1) is 9.36. The lowest BCUT2D eigenvalue weighted by Crippen LogP contribution is -2.36. The zero-order valence-corrected chi connectivity index (χ0v) is 12.9. The van der Waals surface area contributed by atoms with Crippen molar-refractivity contribution in [2.45, 2.75) is 26.2 Å². The second kappa shape index (κ2) is 7.43. The second-order valence-electron chi connectivity index (χ2n) is 4.71. The Morgan fingerprint density at radius 1 is 1.00 bits per heavy atom. The van der Waals surface area contributed by atoms with Crippen molar-refractivity contribution in [2.24, 2.45) is 0 Å². The number of fused-ring (bicyclic) bond motifs is 1. The summed E-state index contributed by atoms with van der Waals surface area (Å²) in [5, 5.41) is 3.77. The lowest BCUT2D eigenvalue weighted by Gasteiger charge is -2.16. The molecule has 0 fully saturated rings. The van der Waals surface area contributed by atoms with Gasteiger partial charge in [-0.05, 0) is 22.4 Å². The summed E-state index contributed by atoms with van der Waals surface area (Å²) in [5.41, 5.74) is 0. The van der Waals surface area contributed by atoms with Crippen molar-refractivity contribution >= 4 is 25.2 Å². The summed E-state index contributed by atoms with van der Waals surface area (Å²) < 4.78 is 11.6. The topological polar surface area (TPSA) is 18.5 Å². The molecule has 0 aliphatic heterocycles. The smallest absolute Gasteiger partial charge is 0.356 e. The maximum Gasteiger partial charge on any atom is 0.356 e. The summed E-state index contributed by atoms with van der Waals surface area (Å²) in [4.78, 5) is 0. The number of benzene rings is 2. The third-order valence-electron chi connectivity index (χ3n) is 3.31. The highest BCUT2D eigenvalue weighted by Gasteiger charge is 2.17. The minimum Gasteiger partial charge on any atom is -0.397 e. The quantitative estimate of drug-likeness (QED) is 0.570. The molecule has 0 saturated carbocycles. The summed E-state index contributed by atoms with van der Waals surface area (Å²) >= 11 is 0. The summed E-state index contributed by atoms with van der Waals surface area (Å²) in [6.45, 7) is 3.01. The fraction of sp³-hybridized carbons (Fsp3) is 0.375. The summed E-state index contributed by atoms with van der Waals surface area (Å²) in [6, 6.07) is 14.8. The molecule has 2 rings (SSSR count). The zero-order valence-electron chi connectivity index (χ0n) is 11.8. The molecule has 1 atom stereocenters. The Kier molecular flexibility index (Phi) is 5.57. The van der Waals surface area contributed by atoms with E-state index in [2.05, 4.69) is 49.4 Å². The average Bonchev–Trinajstić information content (AvgIpc) is 2.47. The lowest BCUT2D eigenvalue weighted by molar-refractivity contribution is 0.235. The van der Waals surface area contributed by atoms with E-state index in [9.17, 15) is 0 Å². The fourth-order valence-corrected chi connectivity index (χ4v) is 4.02. The van der Waals surface area contributed by atoms with Crippen LogP contribution in [0.2, 0.25) is 0 Å². The van der Waals surface area contributed by atoms with E-state index in [0.29, 0.717) is 0 Å². The monoisotopic (exact) mass is 274 g/mol. The highest BCUT2D eigenvalue weighted by molar-refractivity contribution is 6.64. The predicted molar refractivity (Wildman–Crippen MR) is 83.2 cm³/mol. The number of hydrogen-bond acceptors (Lipinski definition) is 2. The van der Waals surface area contributed by atoms with Gasteiger partial charge in [0.25, 0.3) is 0 Å². The Hall–Kier alpha value is -1.16. The van der Waals surface area contributed by atoms with Crippen molar-refractivity contribution in [2.75, 3.05) is 13.7 Å². The molecule has 102 valence electrons. The van der Waals surface area contributed by atoms with Crippen molar-refractivity contribution in [1.82, 2.24) is 0 Å². The van der Waals surface area contributed by atoms with Gasteiger partial charge in [-0.3, -0.25) is 0 Å². The Bertz CT molecular complexity index is 508. The summed E-state index contributed by atoms with van der Waals surface area (Å²) in [5.74, 6) is 0. The number of hydrogen-bond donors (Lipinski definition) is 0. The molecule has 0 N–H and O–H groups in total. The Morgan fingerprint density at radius 2 is 1.79 bits per heavy atom. The zero-order chi connectivity index (χ0) is 13.5. The van der Waals surface area contributed by atoms with Crippen LogP contribution in [0.3, 0.4) is 0 Å². The van der Waals surface area contributed by atoms with Gasteiger partial charge in [0.15, 0.2) is 0 Å². The van der Waals surface area contributed by atoms with Gasteiger partial charge < -0.3 is 8.85 Å². The highest BCUT2D eigenvalue weighted by atomic mass is 28.3. The van der Waals surface area contributed by atoms with Crippen molar-refractivity contribution in [3.8, 4) is 0 Å². The van der Waals surface area contributed by atoms with Gasteiger partial charge in [0.2, 0.25) is 0 Å². The average molecular weight is 274 g/mol. The molecule has 0 heterocycles. The van der Waals surface area contributed by atoms with Gasteiger partial charge in [-0.15, -0.1) is 0 Å². The van der Waals surface area contributed by atoms with Gasteiger partial charge in [-0.1, -0.05) is 62.2 Å². The van der Waals surface area contributed by atoms with Crippen LogP contribution < -0.4 is 5.19 Å². The van der Waals surface area contributed by atoms with Crippen LogP contribution in [0, 0.1) is 0 Å². The molecule has 2 aromatic rings. The molecule has 0 spiro atoms. The third-order valence-corrected chi connectivity index (χ3v) is 5.29. The van der Waals surface area contributed by atoms with Crippen molar-refractivity contribution in [3.63, 3.8) is 0 Å². The van der Waals surface area contributed by atoms with Crippen LogP contribution in [0.4, 0.5) is 0 Å². The van der Waals surface area contributed by atoms with Crippen LogP contribution in [0.15, 0.2) is 42.5 Å². The van der Waals surface area contributed by atoms with Crippen LogP contribution in [-0.4, -0.2) is 23.0 Å². The third kappa shape index (κ3) is 3.66. The maximum atomic E-state index is 6.00. The van der Waals surface area contributed by atoms with Crippen LogP contribution in [-0.2, 0) is 8.85 Å². The molecule has 0 aromatic heterocycles. The van der Waals surface area contributed by atoms with Crippen LogP contribution in [0.5, 0.6) is 0 Å². The van der Waals surface area contributed by atoms with E-state index in [1.165, 1.54) is 28.8 Å². The Labute approximate surface area is 117 Å². The molecule has 19 heavy (non-hydrogen) atoms. The first-order valence-electron chi connectivity index (χ1n) is 6.99. The molecule has 2 nitrogen and oxygen atoms in total. The molecular weight excluding hydrogens is 252 g/mol. The van der Waals surface area contributed by atoms with E-state index in [0.717, 1.165) is 13.0 Å². The highest BCUT2D eigenvalue weighted by Crippen LogP contribution is 2.12. The normalized spacial score (nSPS) is 12.7. The van der Waals surface area contributed by atoms with E-state index < -0.39 is 9.28 Å². The minimum absolute atomic E-state index is 0.807. The molecule has 2 aromatic carbocycles. The largest absolute Gasteiger partial charge is 0.397 e. The van der Waals surface area contributed by atoms with Gasteiger partial charge in [-0.2, -0.15) is 0 Å². The summed E-state index contributed by atoms with van der Waals surface area (Å²) in [6.07, 6.45) is 3.56. The van der Waals surface area contributed by atoms with Gasteiger partial charge in [0.1, 0.15) is 0 Å². The Balaban J connectivity index is 2.16. The second-order valence-corrected chi connectivity index (χ2v) is 6.80. The standard InChI is InChI=1S/C16H22O2Si/c1-3-4-7-13-18-19(17-2)16-12-8-10-14-9-5-6-11-15(14)16/h5-6,8-12,19H,3-4,7,13H2,1-2H3. The first kappa shape index (κ1) is 14.3. The minimum atomic E-state index is -1.76. The first-order valence-corrected chi connectivity index (χ1v) is 8.51. The van der Waals surface area contributed by atoms with E-state index in [1.807, 2.05) is 0 Å². The fourth-order valence-electron chi connectivity index (χ4n) is 2.28. The van der Waals surface area contributed by atoms with Crippen LogP contribution in [0.1, 0.15) is 26.2 Å². The molecule has 0 radical (unpaired) electrons. The molecule has 0 bridgehead atoms.